The summed E-state index contributed by atoms with van der Waals surface area (Å²) >= 11 is 3.34. The number of halogens is 2. The fourth-order valence-corrected chi connectivity index (χ4v) is 1.88. The highest BCUT2D eigenvalue weighted by Gasteiger charge is 2.03. The minimum absolute atomic E-state index is 0.0800. The van der Waals surface area contributed by atoms with E-state index >= 15 is 0 Å². The van der Waals surface area contributed by atoms with Gasteiger partial charge in [0.15, 0.2) is 0 Å². The van der Waals surface area contributed by atoms with Crippen LogP contribution in [0.2, 0.25) is 0 Å². The zero-order valence-electron chi connectivity index (χ0n) is 10.8. The van der Waals surface area contributed by atoms with Gasteiger partial charge in [0.25, 0.3) is 0 Å². The van der Waals surface area contributed by atoms with Crippen molar-refractivity contribution in [2.75, 3.05) is 26.8 Å². The number of hydrogen-bond acceptors (Lipinski definition) is 3. The van der Waals surface area contributed by atoms with E-state index in [9.17, 15) is 9.18 Å². The number of carbonyl (C=O) groups is 1. The van der Waals surface area contributed by atoms with Crippen LogP contribution in [-0.4, -0.2) is 32.7 Å². The average Bonchev–Trinajstić information content (AvgIpc) is 2.39. The third kappa shape index (κ3) is 6.66. The summed E-state index contributed by atoms with van der Waals surface area (Å²) in [5.74, 6) is -0.368. The largest absolute Gasteiger partial charge is 0.385 e. The molecule has 0 saturated carbocycles. The van der Waals surface area contributed by atoms with Crippen LogP contribution in [0.4, 0.5) is 4.39 Å². The zero-order valence-corrected chi connectivity index (χ0v) is 12.4. The Kier molecular flexibility index (Phi) is 7.62. The molecule has 0 aliphatic heterocycles. The van der Waals surface area contributed by atoms with Gasteiger partial charge in [-0.25, -0.2) is 4.39 Å². The number of benzene rings is 1. The number of methoxy groups -OCH3 is 1. The van der Waals surface area contributed by atoms with Gasteiger partial charge >= 0.3 is 0 Å². The van der Waals surface area contributed by atoms with Crippen LogP contribution in [0.15, 0.2) is 22.7 Å². The van der Waals surface area contributed by atoms with Crippen molar-refractivity contribution in [1.82, 2.24) is 10.6 Å². The molecule has 0 aromatic heterocycles. The summed E-state index contributed by atoms with van der Waals surface area (Å²) in [6.07, 6.45) is 0.789. The Hall–Kier alpha value is -0.980. The highest BCUT2D eigenvalue weighted by Crippen LogP contribution is 2.17. The van der Waals surface area contributed by atoms with Gasteiger partial charge in [-0.2, -0.15) is 0 Å². The molecule has 4 nitrogen and oxygen atoms in total. The smallest absolute Gasteiger partial charge is 0.233 e. The standard InChI is InChI=1S/C13H18BrFN2O2/c1-19-6-2-5-17-13(18)9-16-8-10-7-11(15)3-4-12(10)14/h3-4,7,16H,2,5-6,8-9H2,1H3,(H,17,18). The van der Waals surface area contributed by atoms with E-state index in [-0.39, 0.29) is 18.3 Å². The van der Waals surface area contributed by atoms with E-state index in [1.54, 1.807) is 13.2 Å². The van der Waals surface area contributed by atoms with Gasteiger partial charge in [0, 0.05) is 31.3 Å². The molecular weight excluding hydrogens is 315 g/mol. The maximum absolute atomic E-state index is 13.0. The Morgan fingerprint density at radius 1 is 1.47 bits per heavy atom. The second kappa shape index (κ2) is 9.01. The summed E-state index contributed by atoms with van der Waals surface area (Å²) in [5.41, 5.74) is 0.784. The summed E-state index contributed by atoms with van der Waals surface area (Å²) in [6, 6.07) is 4.47. The van der Waals surface area contributed by atoms with Crippen molar-refractivity contribution >= 4 is 21.8 Å². The Morgan fingerprint density at radius 2 is 2.26 bits per heavy atom. The van der Waals surface area contributed by atoms with Crippen molar-refractivity contribution in [2.24, 2.45) is 0 Å². The number of rotatable bonds is 8. The van der Waals surface area contributed by atoms with Crippen LogP contribution >= 0.6 is 15.9 Å². The van der Waals surface area contributed by atoms with Gasteiger partial charge in [-0.15, -0.1) is 0 Å². The van der Waals surface area contributed by atoms with Gasteiger partial charge in [-0.1, -0.05) is 15.9 Å². The van der Waals surface area contributed by atoms with E-state index in [1.165, 1.54) is 12.1 Å². The molecule has 19 heavy (non-hydrogen) atoms. The molecule has 6 heteroatoms. The van der Waals surface area contributed by atoms with Crippen LogP contribution in [0.25, 0.3) is 0 Å². The monoisotopic (exact) mass is 332 g/mol. The molecule has 0 bridgehead atoms. The van der Waals surface area contributed by atoms with Crippen LogP contribution < -0.4 is 10.6 Å². The van der Waals surface area contributed by atoms with Gasteiger partial charge in [0.05, 0.1) is 6.54 Å². The summed E-state index contributed by atoms with van der Waals surface area (Å²) in [7, 11) is 1.63. The molecule has 0 radical (unpaired) electrons. The molecule has 0 saturated heterocycles. The zero-order chi connectivity index (χ0) is 14.1. The van der Waals surface area contributed by atoms with Gasteiger partial charge in [-0.3, -0.25) is 4.79 Å². The van der Waals surface area contributed by atoms with Crippen LogP contribution in [0, 0.1) is 5.82 Å². The minimum Gasteiger partial charge on any atom is -0.385 e. The maximum atomic E-state index is 13.0. The Morgan fingerprint density at radius 3 is 3.00 bits per heavy atom. The number of carbonyl (C=O) groups excluding carboxylic acids is 1. The molecule has 1 amide bonds. The van der Waals surface area contributed by atoms with Crippen molar-refractivity contribution in [2.45, 2.75) is 13.0 Å². The first kappa shape index (κ1) is 16.1. The minimum atomic E-state index is -0.288. The lowest BCUT2D eigenvalue weighted by Crippen LogP contribution is -2.34. The second-order valence-corrected chi connectivity index (χ2v) is 4.89. The molecule has 0 aliphatic carbocycles. The summed E-state index contributed by atoms with van der Waals surface area (Å²) < 4.78 is 18.7. The highest BCUT2D eigenvalue weighted by molar-refractivity contribution is 9.10. The predicted molar refractivity (Wildman–Crippen MR) is 75.3 cm³/mol. The number of ether oxygens (including phenoxy) is 1. The van der Waals surface area contributed by atoms with E-state index in [4.69, 9.17) is 4.74 Å². The first-order chi connectivity index (χ1) is 9.13. The average molecular weight is 333 g/mol. The molecule has 106 valence electrons. The van der Waals surface area contributed by atoms with Crippen molar-refractivity contribution < 1.29 is 13.9 Å². The van der Waals surface area contributed by atoms with Crippen molar-refractivity contribution in [3.63, 3.8) is 0 Å². The first-order valence-electron chi connectivity index (χ1n) is 6.03. The fraction of sp³-hybridized carbons (Fsp3) is 0.462. The van der Waals surface area contributed by atoms with Crippen LogP contribution in [0.3, 0.4) is 0 Å². The van der Waals surface area contributed by atoms with Crippen LogP contribution in [-0.2, 0) is 16.1 Å². The molecule has 1 aromatic rings. The van der Waals surface area contributed by atoms with Crippen molar-refractivity contribution in [3.05, 3.63) is 34.1 Å². The summed E-state index contributed by atoms with van der Waals surface area (Å²) in [5, 5.41) is 5.73. The topological polar surface area (TPSA) is 50.4 Å². The molecule has 0 unspecified atom stereocenters. The summed E-state index contributed by atoms with van der Waals surface area (Å²) in [6.45, 7) is 1.86. The SMILES string of the molecule is COCCCNC(=O)CNCc1cc(F)ccc1Br. The van der Waals surface area contributed by atoms with E-state index < -0.39 is 0 Å². The molecule has 0 fully saturated rings. The molecule has 0 heterocycles. The fourth-order valence-electron chi connectivity index (χ4n) is 1.50. The normalized spacial score (nSPS) is 10.5. The predicted octanol–water partition coefficient (Wildman–Crippen LogP) is 1.83. The van der Waals surface area contributed by atoms with E-state index in [2.05, 4.69) is 26.6 Å². The Labute approximate surface area is 120 Å². The van der Waals surface area contributed by atoms with Crippen molar-refractivity contribution in [1.29, 1.82) is 0 Å². The lowest BCUT2D eigenvalue weighted by atomic mass is 10.2. The van der Waals surface area contributed by atoms with Gasteiger partial charge < -0.3 is 15.4 Å². The third-order valence-electron chi connectivity index (χ3n) is 2.46. The lowest BCUT2D eigenvalue weighted by Gasteiger charge is -2.08. The molecule has 1 rings (SSSR count). The lowest BCUT2D eigenvalue weighted by molar-refractivity contribution is -0.120. The van der Waals surface area contributed by atoms with E-state index in [1.807, 2.05) is 0 Å². The summed E-state index contributed by atoms with van der Waals surface area (Å²) in [4.78, 5) is 11.4. The molecule has 2 N–H and O–H groups in total. The Balaban J connectivity index is 2.22. The molecule has 0 spiro atoms. The maximum Gasteiger partial charge on any atom is 0.233 e. The van der Waals surface area contributed by atoms with Crippen LogP contribution in [0.5, 0.6) is 0 Å². The number of hydrogen-bond donors (Lipinski definition) is 2. The second-order valence-electron chi connectivity index (χ2n) is 4.04. The molecular formula is C13H18BrFN2O2. The number of amides is 1. The van der Waals surface area contributed by atoms with E-state index in [0.29, 0.717) is 19.7 Å². The van der Waals surface area contributed by atoms with Crippen LogP contribution in [0.1, 0.15) is 12.0 Å². The van der Waals surface area contributed by atoms with E-state index in [0.717, 1.165) is 16.5 Å². The third-order valence-corrected chi connectivity index (χ3v) is 3.23. The molecule has 1 aromatic carbocycles. The molecule has 0 atom stereocenters. The highest BCUT2D eigenvalue weighted by atomic mass is 79.9. The van der Waals surface area contributed by atoms with Gasteiger partial charge in [0.2, 0.25) is 5.91 Å². The Bertz CT molecular complexity index is 416. The molecule has 0 aliphatic rings. The van der Waals surface area contributed by atoms with Gasteiger partial charge in [-0.05, 0) is 30.2 Å². The van der Waals surface area contributed by atoms with Gasteiger partial charge in [0.1, 0.15) is 5.82 Å². The van der Waals surface area contributed by atoms with Crippen molar-refractivity contribution in [3.8, 4) is 0 Å². The number of nitrogens with one attached hydrogen (secondary N) is 2. The first-order valence-corrected chi connectivity index (χ1v) is 6.83. The quantitative estimate of drug-likeness (QED) is 0.714.